The lowest BCUT2D eigenvalue weighted by Crippen LogP contribution is -2.22. The van der Waals surface area contributed by atoms with Crippen molar-refractivity contribution >= 4 is 21.4 Å². The molecule has 0 aliphatic rings. The highest BCUT2D eigenvalue weighted by atomic mass is 35.5. The molecule has 0 amide bonds. The second-order valence-electron chi connectivity index (χ2n) is 4.67. The van der Waals surface area contributed by atoms with Gasteiger partial charge < -0.3 is 5.73 Å². The Morgan fingerprint density at radius 1 is 1.10 bits per heavy atom. The van der Waals surface area contributed by atoms with Crippen molar-refractivity contribution in [2.24, 2.45) is 5.73 Å². The van der Waals surface area contributed by atoms with Crippen molar-refractivity contribution in [3.63, 3.8) is 0 Å². The third kappa shape index (κ3) is 3.20. The maximum absolute atomic E-state index is 12.4. The third-order valence-electron chi connectivity index (χ3n) is 3.16. The lowest BCUT2D eigenvalue weighted by atomic mass is 10.0. The smallest absolute Gasteiger partial charge is 0.181 e. The van der Waals surface area contributed by atoms with E-state index < -0.39 is 15.9 Å². The van der Waals surface area contributed by atoms with Crippen LogP contribution < -0.4 is 5.73 Å². The van der Waals surface area contributed by atoms with Gasteiger partial charge in [-0.05, 0) is 30.2 Å². The van der Waals surface area contributed by atoms with Gasteiger partial charge in [0.2, 0.25) is 0 Å². The number of hydrogen-bond acceptors (Lipinski definition) is 3. The van der Waals surface area contributed by atoms with Crippen molar-refractivity contribution in [2.45, 2.75) is 17.9 Å². The molecular formula is C15H16ClNO2S. The van der Waals surface area contributed by atoms with Crippen LogP contribution in [0.5, 0.6) is 0 Å². The molecule has 2 aromatic rings. The molecule has 0 radical (unpaired) electrons. The van der Waals surface area contributed by atoms with Crippen LogP contribution in [0.3, 0.4) is 0 Å². The number of aryl methyl sites for hydroxylation is 1. The molecule has 20 heavy (non-hydrogen) atoms. The zero-order valence-electron chi connectivity index (χ0n) is 11.1. The highest BCUT2D eigenvalue weighted by molar-refractivity contribution is 7.91. The van der Waals surface area contributed by atoms with Gasteiger partial charge in [-0.15, -0.1) is 0 Å². The quantitative estimate of drug-likeness (QED) is 0.944. The lowest BCUT2D eigenvalue weighted by molar-refractivity contribution is 0.589. The van der Waals surface area contributed by atoms with Gasteiger partial charge in [-0.25, -0.2) is 8.42 Å². The van der Waals surface area contributed by atoms with E-state index >= 15 is 0 Å². The standard InChI is InChI=1S/C15H16ClNO2S/c1-11-6-2-3-7-12(11)14(17)10-20(18,19)15-9-5-4-8-13(15)16/h2-9,14H,10,17H2,1H3. The van der Waals surface area contributed by atoms with E-state index in [1.807, 2.05) is 31.2 Å². The normalized spacial score (nSPS) is 13.2. The fourth-order valence-electron chi connectivity index (χ4n) is 2.12. The van der Waals surface area contributed by atoms with Crippen LogP contribution >= 0.6 is 11.6 Å². The molecule has 0 spiro atoms. The average molecular weight is 310 g/mol. The van der Waals surface area contributed by atoms with E-state index in [-0.39, 0.29) is 15.7 Å². The van der Waals surface area contributed by atoms with Gasteiger partial charge in [-0.2, -0.15) is 0 Å². The first-order valence-corrected chi connectivity index (χ1v) is 8.23. The Labute approximate surface area is 124 Å². The molecule has 106 valence electrons. The Bertz CT molecular complexity index is 713. The summed E-state index contributed by atoms with van der Waals surface area (Å²) in [6.45, 7) is 1.91. The maximum Gasteiger partial charge on any atom is 0.181 e. The third-order valence-corrected chi connectivity index (χ3v) is 5.42. The average Bonchev–Trinajstić information content (AvgIpc) is 2.38. The number of rotatable bonds is 4. The first-order valence-electron chi connectivity index (χ1n) is 6.20. The van der Waals surface area contributed by atoms with Gasteiger partial charge in [0.05, 0.1) is 15.7 Å². The van der Waals surface area contributed by atoms with Gasteiger partial charge in [0.25, 0.3) is 0 Å². The van der Waals surface area contributed by atoms with Gasteiger partial charge in [0, 0.05) is 6.04 Å². The lowest BCUT2D eigenvalue weighted by Gasteiger charge is -2.15. The van der Waals surface area contributed by atoms with Crippen molar-refractivity contribution in [1.29, 1.82) is 0 Å². The molecule has 0 saturated carbocycles. The summed E-state index contributed by atoms with van der Waals surface area (Å²) < 4.78 is 24.8. The summed E-state index contributed by atoms with van der Waals surface area (Å²) in [5, 5.41) is 0.226. The first kappa shape index (κ1) is 15.0. The van der Waals surface area contributed by atoms with E-state index in [9.17, 15) is 8.42 Å². The van der Waals surface area contributed by atoms with Crippen molar-refractivity contribution in [2.75, 3.05) is 5.75 Å². The molecule has 0 aromatic heterocycles. The van der Waals surface area contributed by atoms with Crippen molar-refractivity contribution in [3.05, 3.63) is 64.7 Å². The molecule has 3 nitrogen and oxygen atoms in total. The molecule has 2 aromatic carbocycles. The van der Waals surface area contributed by atoms with E-state index in [2.05, 4.69) is 0 Å². The highest BCUT2D eigenvalue weighted by Crippen LogP contribution is 2.25. The van der Waals surface area contributed by atoms with Gasteiger partial charge in [-0.1, -0.05) is 48.0 Å². The molecule has 1 unspecified atom stereocenters. The summed E-state index contributed by atoms with van der Waals surface area (Å²) in [5.41, 5.74) is 7.86. The SMILES string of the molecule is Cc1ccccc1C(N)CS(=O)(=O)c1ccccc1Cl. The van der Waals surface area contributed by atoms with Crippen LogP contribution in [0.25, 0.3) is 0 Å². The van der Waals surface area contributed by atoms with Crippen LogP contribution in [-0.2, 0) is 9.84 Å². The molecule has 1 atom stereocenters. The molecule has 0 fully saturated rings. The van der Waals surface area contributed by atoms with E-state index in [4.69, 9.17) is 17.3 Å². The van der Waals surface area contributed by atoms with Crippen LogP contribution in [0, 0.1) is 6.92 Å². The van der Waals surface area contributed by atoms with Crippen LogP contribution in [0.15, 0.2) is 53.4 Å². The topological polar surface area (TPSA) is 60.2 Å². The van der Waals surface area contributed by atoms with Crippen molar-refractivity contribution in [3.8, 4) is 0 Å². The van der Waals surface area contributed by atoms with Crippen molar-refractivity contribution < 1.29 is 8.42 Å². The molecule has 0 heterocycles. The fourth-order valence-corrected chi connectivity index (χ4v) is 4.09. The van der Waals surface area contributed by atoms with E-state index in [1.54, 1.807) is 18.2 Å². The zero-order chi connectivity index (χ0) is 14.8. The van der Waals surface area contributed by atoms with Crippen molar-refractivity contribution in [1.82, 2.24) is 0 Å². The second kappa shape index (κ2) is 5.95. The Morgan fingerprint density at radius 2 is 1.70 bits per heavy atom. The van der Waals surface area contributed by atoms with E-state index in [1.165, 1.54) is 6.07 Å². The second-order valence-corrected chi connectivity index (χ2v) is 7.08. The van der Waals surface area contributed by atoms with Gasteiger partial charge in [-0.3, -0.25) is 0 Å². The zero-order valence-corrected chi connectivity index (χ0v) is 12.7. The minimum absolute atomic E-state index is 0.130. The molecule has 0 bridgehead atoms. The molecule has 5 heteroatoms. The number of sulfone groups is 1. The molecular weight excluding hydrogens is 294 g/mol. The van der Waals surface area contributed by atoms with Crippen LogP contribution in [0.1, 0.15) is 17.2 Å². The summed E-state index contributed by atoms with van der Waals surface area (Å²) in [6.07, 6.45) is 0. The minimum atomic E-state index is -3.51. The molecule has 0 aliphatic carbocycles. The Balaban J connectivity index is 2.30. The molecule has 0 aliphatic heterocycles. The van der Waals surface area contributed by atoms with Crippen LogP contribution in [0.4, 0.5) is 0 Å². The largest absolute Gasteiger partial charge is 0.323 e. The van der Waals surface area contributed by atoms with Crippen LogP contribution in [0.2, 0.25) is 5.02 Å². The Kier molecular flexibility index (Phi) is 4.48. The van der Waals surface area contributed by atoms with Crippen LogP contribution in [-0.4, -0.2) is 14.2 Å². The highest BCUT2D eigenvalue weighted by Gasteiger charge is 2.22. The summed E-state index contributed by atoms with van der Waals surface area (Å²) in [5.74, 6) is -0.165. The van der Waals surface area contributed by atoms with Gasteiger partial charge in [0.1, 0.15) is 0 Å². The minimum Gasteiger partial charge on any atom is -0.323 e. The molecule has 0 saturated heterocycles. The summed E-state index contributed by atoms with van der Waals surface area (Å²) in [4.78, 5) is 0.130. The fraction of sp³-hybridized carbons (Fsp3) is 0.200. The molecule has 2 N–H and O–H groups in total. The number of benzene rings is 2. The summed E-state index contributed by atoms with van der Waals surface area (Å²) >= 11 is 5.95. The van der Waals surface area contributed by atoms with Gasteiger partial charge >= 0.3 is 0 Å². The number of nitrogens with two attached hydrogens (primary N) is 1. The Morgan fingerprint density at radius 3 is 2.35 bits per heavy atom. The number of hydrogen-bond donors (Lipinski definition) is 1. The predicted molar refractivity (Wildman–Crippen MR) is 81.6 cm³/mol. The summed E-state index contributed by atoms with van der Waals surface area (Å²) in [6, 6.07) is 13.4. The Hall–Kier alpha value is -1.36. The monoisotopic (exact) mass is 309 g/mol. The summed E-state index contributed by atoms with van der Waals surface area (Å²) in [7, 11) is -3.51. The first-order chi connectivity index (χ1) is 9.42. The number of halogens is 1. The molecule has 2 rings (SSSR count). The maximum atomic E-state index is 12.4. The van der Waals surface area contributed by atoms with E-state index in [0.717, 1.165) is 11.1 Å². The van der Waals surface area contributed by atoms with Gasteiger partial charge in [0.15, 0.2) is 9.84 Å². The van der Waals surface area contributed by atoms with E-state index in [0.29, 0.717) is 0 Å². The predicted octanol–water partition coefficient (Wildman–Crippen LogP) is 3.12.